The summed E-state index contributed by atoms with van der Waals surface area (Å²) in [5.74, 6) is -3.73. The van der Waals surface area contributed by atoms with Crippen molar-refractivity contribution in [3.05, 3.63) is 35.9 Å². The Balaban J connectivity index is 0.000000504. The molecule has 1 aromatic rings. The van der Waals surface area contributed by atoms with E-state index < -0.39 is 30.2 Å². The van der Waals surface area contributed by atoms with E-state index in [9.17, 15) is 14.4 Å². The summed E-state index contributed by atoms with van der Waals surface area (Å²) in [7, 11) is 1.52. The second-order valence-corrected chi connectivity index (χ2v) is 4.83. The first kappa shape index (κ1) is 22.5. The standard InChI is InChI=1S/C11H16N2O2.C4H6O6/c1-15-8-10(12)11(14)13-7-9-5-3-2-4-6-9;5-1(3(7)8)2(6)4(9)10/h2-6,10H,7-8,12H2,1H3,(H,13,14);1-2,5-6H,(H,7,8)(H,9,10)/t10-;1-,2-/m11/s1. The van der Waals surface area contributed by atoms with Crippen molar-refractivity contribution in [2.45, 2.75) is 24.8 Å². The highest BCUT2D eigenvalue weighted by Crippen LogP contribution is 1.97. The fraction of sp³-hybridized carbons (Fsp3) is 0.400. The van der Waals surface area contributed by atoms with Gasteiger partial charge >= 0.3 is 11.9 Å². The van der Waals surface area contributed by atoms with Crippen LogP contribution in [0.3, 0.4) is 0 Å². The Morgan fingerprint density at radius 1 is 1.08 bits per heavy atom. The van der Waals surface area contributed by atoms with Crippen LogP contribution in [0.15, 0.2) is 30.3 Å². The van der Waals surface area contributed by atoms with Gasteiger partial charge in [-0.2, -0.15) is 0 Å². The van der Waals surface area contributed by atoms with Gasteiger partial charge in [0, 0.05) is 13.7 Å². The number of nitrogens with one attached hydrogen (secondary N) is 1. The summed E-state index contributed by atoms with van der Waals surface area (Å²) >= 11 is 0. The van der Waals surface area contributed by atoms with Gasteiger partial charge in [0.05, 0.1) is 6.61 Å². The first-order valence-corrected chi connectivity index (χ1v) is 7.08. The zero-order chi connectivity index (χ0) is 19.4. The molecule has 0 aliphatic carbocycles. The summed E-state index contributed by atoms with van der Waals surface area (Å²) in [5, 5.41) is 35.3. The number of nitrogens with two attached hydrogens (primary N) is 1. The number of aliphatic hydroxyl groups is 2. The fourth-order valence-electron chi connectivity index (χ4n) is 1.44. The highest BCUT2D eigenvalue weighted by Gasteiger charge is 2.29. The number of benzene rings is 1. The molecular formula is C15H22N2O8. The van der Waals surface area contributed by atoms with E-state index in [1.54, 1.807) is 0 Å². The van der Waals surface area contributed by atoms with Crippen LogP contribution in [0, 0.1) is 0 Å². The molecule has 0 saturated carbocycles. The molecule has 140 valence electrons. The molecule has 0 saturated heterocycles. The lowest BCUT2D eigenvalue weighted by Crippen LogP contribution is -2.43. The van der Waals surface area contributed by atoms with E-state index in [1.165, 1.54) is 7.11 Å². The minimum Gasteiger partial charge on any atom is -0.479 e. The number of carboxylic acids is 2. The lowest BCUT2D eigenvalue weighted by molar-refractivity contribution is -0.165. The number of rotatable bonds is 8. The third-order valence-corrected chi connectivity index (χ3v) is 2.80. The van der Waals surface area contributed by atoms with Gasteiger partial charge in [0.25, 0.3) is 0 Å². The molecule has 0 heterocycles. The molecule has 3 atom stereocenters. The van der Waals surface area contributed by atoms with Crippen LogP contribution in [0.5, 0.6) is 0 Å². The van der Waals surface area contributed by atoms with E-state index in [4.69, 9.17) is 30.9 Å². The average Bonchev–Trinajstić information content (AvgIpc) is 2.59. The van der Waals surface area contributed by atoms with Crippen molar-refractivity contribution in [2.24, 2.45) is 5.73 Å². The lowest BCUT2D eigenvalue weighted by Gasteiger charge is -2.10. The van der Waals surface area contributed by atoms with Crippen molar-refractivity contribution in [2.75, 3.05) is 13.7 Å². The Morgan fingerprint density at radius 3 is 1.96 bits per heavy atom. The van der Waals surface area contributed by atoms with E-state index in [-0.39, 0.29) is 12.5 Å². The Labute approximate surface area is 143 Å². The maximum absolute atomic E-state index is 11.4. The normalized spacial score (nSPS) is 13.6. The number of hydrogen-bond donors (Lipinski definition) is 6. The SMILES string of the molecule is COC[C@@H](N)C(=O)NCc1ccccc1.O=C(O)[C@H](O)[C@@H](O)C(=O)O. The largest absolute Gasteiger partial charge is 0.479 e. The van der Waals surface area contributed by atoms with Crippen molar-refractivity contribution in [3.8, 4) is 0 Å². The van der Waals surface area contributed by atoms with Crippen molar-refractivity contribution < 1.29 is 39.5 Å². The molecule has 0 radical (unpaired) electrons. The number of amides is 1. The van der Waals surface area contributed by atoms with E-state index in [1.807, 2.05) is 30.3 Å². The van der Waals surface area contributed by atoms with E-state index in [0.717, 1.165) is 5.56 Å². The average molecular weight is 358 g/mol. The first-order valence-electron chi connectivity index (χ1n) is 7.08. The van der Waals surface area contributed by atoms with Crippen molar-refractivity contribution in [1.29, 1.82) is 0 Å². The van der Waals surface area contributed by atoms with Gasteiger partial charge in [-0.3, -0.25) is 4.79 Å². The molecule has 0 fully saturated rings. The number of carbonyl (C=O) groups excluding carboxylic acids is 1. The molecule has 0 unspecified atom stereocenters. The van der Waals surface area contributed by atoms with Crippen molar-refractivity contribution in [3.63, 3.8) is 0 Å². The highest BCUT2D eigenvalue weighted by molar-refractivity contribution is 5.83. The molecule has 0 bridgehead atoms. The minimum absolute atomic E-state index is 0.194. The molecule has 1 aromatic carbocycles. The maximum atomic E-state index is 11.4. The van der Waals surface area contributed by atoms with Gasteiger partial charge in [-0.05, 0) is 5.56 Å². The van der Waals surface area contributed by atoms with Crippen LogP contribution in [0.25, 0.3) is 0 Å². The van der Waals surface area contributed by atoms with E-state index >= 15 is 0 Å². The van der Waals surface area contributed by atoms with Crippen LogP contribution in [0.4, 0.5) is 0 Å². The number of carbonyl (C=O) groups is 3. The minimum atomic E-state index is -2.27. The summed E-state index contributed by atoms with van der Waals surface area (Å²) in [6.45, 7) is 0.734. The molecule has 10 heteroatoms. The van der Waals surface area contributed by atoms with Gasteiger partial charge < -0.3 is 36.2 Å². The topological polar surface area (TPSA) is 179 Å². The fourth-order valence-corrected chi connectivity index (χ4v) is 1.44. The predicted octanol–water partition coefficient (Wildman–Crippen LogP) is -1.85. The maximum Gasteiger partial charge on any atom is 0.335 e. The monoisotopic (exact) mass is 358 g/mol. The van der Waals surface area contributed by atoms with Crippen LogP contribution >= 0.6 is 0 Å². The lowest BCUT2D eigenvalue weighted by atomic mass is 10.2. The summed E-state index contributed by atoms with van der Waals surface area (Å²) in [5.41, 5.74) is 6.61. The molecule has 0 aromatic heterocycles. The van der Waals surface area contributed by atoms with Crippen molar-refractivity contribution >= 4 is 17.8 Å². The molecular weight excluding hydrogens is 336 g/mol. The Bertz CT molecular complexity index is 534. The molecule has 10 nitrogen and oxygen atoms in total. The molecule has 0 aliphatic heterocycles. The number of aliphatic carboxylic acids is 2. The highest BCUT2D eigenvalue weighted by atomic mass is 16.5. The summed E-state index contributed by atoms with van der Waals surface area (Å²) < 4.78 is 4.79. The second kappa shape index (κ2) is 11.9. The van der Waals surface area contributed by atoms with Crippen LogP contribution in [-0.2, 0) is 25.7 Å². The van der Waals surface area contributed by atoms with Crippen LogP contribution in [0.2, 0.25) is 0 Å². The summed E-state index contributed by atoms with van der Waals surface area (Å²) in [6.07, 6.45) is -4.53. The number of carboxylic acid groups (broad SMARTS) is 2. The van der Waals surface area contributed by atoms with Crippen LogP contribution in [0.1, 0.15) is 5.56 Å². The summed E-state index contributed by atoms with van der Waals surface area (Å²) in [6, 6.07) is 9.08. The smallest absolute Gasteiger partial charge is 0.335 e. The van der Waals surface area contributed by atoms with E-state index in [2.05, 4.69) is 5.32 Å². The molecule has 0 spiro atoms. The van der Waals surface area contributed by atoms with Crippen LogP contribution < -0.4 is 11.1 Å². The zero-order valence-electron chi connectivity index (χ0n) is 13.5. The summed E-state index contributed by atoms with van der Waals surface area (Å²) in [4.78, 5) is 30.9. The third kappa shape index (κ3) is 9.37. The van der Waals surface area contributed by atoms with Crippen LogP contribution in [-0.4, -0.2) is 70.2 Å². The quantitative estimate of drug-likeness (QED) is 0.311. The van der Waals surface area contributed by atoms with Gasteiger partial charge in [-0.15, -0.1) is 0 Å². The number of hydrogen-bond acceptors (Lipinski definition) is 7. The van der Waals surface area contributed by atoms with Gasteiger partial charge in [0.15, 0.2) is 12.2 Å². The van der Waals surface area contributed by atoms with E-state index in [0.29, 0.717) is 6.54 Å². The van der Waals surface area contributed by atoms with Gasteiger partial charge in [-0.25, -0.2) is 9.59 Å². The molecule has 0 aliphatic rings. The number of methoxy groups -OCH3 is 1. The number of ether oxygens (including phenoxy) is 1. The van der Waals surface area contributed by atoms with Gasteiger partial charge in [0.2, 0.25) is 5.91 Å². The Hall–Kier alpha value is -2.53. The van der Waals surface area contributed by atoms with Gasteiger partial charge in [0.1, 0.15) is 6.04 Å². The van der Waals surface area contributed by atoms with Gasteiger partial charge in [-0.1, -0.05) is 30.3 Å². The first-order chi connectivity index (χ1) is 11.7. The molecule has 25 heavy (non-hydrogen) atoms. The molecule has 7 N–H and O–H groups in total. The zero-order valence-corrected chi connectivity index (χ0v) is 13.5. The Morgan fingerprint density at radius 2 is 1.56 bits per heavy atom. The predicted molar refractivity (Wildman–Crippen MR) is 85.4 cm³/mol. The molecule has 1 amide bonds. The molecule has 1 rings (SSSR count). The Kier molecular flexibility index (Phi) is 10.7. The third-order valence-electron chi connectivity index (χ3n) is 2.80. The van der Waals surface area contributed by atoms with Crippen molar-refractivity contribution in [1.82, 2.24) is 5.32 Å². The second-order valence-electron chi connectivity index (χ2n) is 4.83. The number of aliphatic hydroxyl groups excluding tert-OH is 2.